The Morgan fingerprint density at radius 2 is 2.29 bits per heavy atom. The largest absolute Gasteiger partial charge is 0.480 e. The Morgan fingerprint density at radius 1 is 1.52 bits per heavy atom. The van der Waals surface area contributed by atoms with Crippen LogP contribution in [0.15, 0.2) is 40.2 Å². The number of nitrogens with one attached hydrogen (secondary N) is 1. The minimum absolute atomic E-state index is 0.0152. The van der Waals surface area contributed by atoms with Crippen molar-refractivity contribution in [3.63, 3.8) is 0 Å². The first-order valence-electron chi connectivity index (χ1n) is 6.98. The number of nitrogens with zero attached hydrogens (tertiary/aromatic N) is 1. The second-order valence-corrected chi connectivity index (χ2v) is 4.05. The van der Waals surface area contributed by atoms with Gasteiger partial charge in [0.05, 0.1) is 12.3 Å². The third-order valence-electron chi connectivity index (χ3n) is 2.73. The summed E-state index contributed by atoms with van der Waals surface area (Å²) in [4.78, 5) is 4.01. The molecule has 0 aliphatic carbocycles. The van der Waals surface area contributed by atoms with Crippen molar-refractivity contribution >= 4 is 5.84 Å². The number of aliphatic hydroxyl groups is 1. The predicted molar refractivity (Wildman–Crippen MR) is 82.4 cm³/mol. The molecular formula is C16H21FN2O2. The van der Waals surface area contributed by atoms with Gasteiger partial charge in [-0.15, -0.1) is 0 Å². The lowest BCUT2D eigenvalue weighted by Gasteiger charge is -2.05. The molecule has 4 nitrogen and oxygen atoms in total. The first-order chi connectivity index (χ1) is 10.3. The van der Waals surface area contributed by atoms with Gasteiger partial charge in [-0.3, -0.25) is 4.99 Å². The van der Waals surface area contributed by atoms with E-state index in [1.54, 1.807) is 13.1 Å². The molecule has 0 saturated heterocycles. The molecule has 2 N–H and O–H groups in total. The SMILES string of the molecule is CC.CN=C1NC(C#CC2=CCC(CO)O2)=C/C1=C/CF. The van der Waals surface area contributed by atoms with Gasteiger partial charge in [-0.1, -0.05) is 13.8 Å². The Balaban J connectivity index is 0.00000106. The lowest BCUT2D eigenvalue weighted by Crippen LogP contribution is -2.16. The molecule has 5 heteroatoms. The summed E-state index contributed by atoms with van der Waals surface area (Å²) in [5, 5.41) is 11.9. The maximum absolute atomic E-state index is 12.3. The molecule has 0 radical (unpaired) electrons. The first-order valence-corrected chi connectivity index (χ1v) is 6.98. The van der Waals surface area contributed by atoms with Crippen LogP contribution < -0.4 is 5.32 Å². The van der Waals surface area contributed by atoms with Crippen LogP contribution in [0.2, 0.25) is 0 Å². The van der Waals surface area contributed by atoms with E-state index in [9.17, 15) is 4.39 Å². The van der Waals surface area contributed by atoms with Crippen LogP contribution in [0.25, 0.3) is 0 Å². The van der Waals surface area contributed by atoms with E-state index in [0.29, 0.717) is 29.3 Å². The fourth-order valence-electron chi connectivity index (χ4n) is 1.79. The fourth-order valence-corrected chi connectivity index (χ4v) is 1.79. The van der Waals surface area contributed by atoms with Crippen LogP contribution in [0, 0.1) is 11.8 Å². The maximum atomic E-state index is 12.3. The number of rotatable bonds is 2. The quantitative estimate of drug-likeness (QED) is 0.766. The van der Waals surface area contributed by atoms with Crippen LogP contribution in [0.5, 0.6) is 0 Å². The highest BCUT2D eigenvalue weighted by Gasteiger charge is 2.16. The Morgan fingerprint density at radius 3 is 2.86 bits per heavy atom. The number of amidine groups is 1. The molecule has 0 saturated carbocycles. The van der Waals surface area contributed by atoms with Crippen LogP contribution in [0.3, 0.4) is 0 Å². The fraction of sp³-hybridized carbons (Fsp3) is 0.438. The maximum Gasteiger partial charge on any atom is 0.167 e. The molecule has 0 amide bonds. The van der Waals surface area contributed by atoms with Crippen LogP contribution in [-0.2, 0) is 4.74 Å². The van der Waals surface area contributed by atoms with Crippen LogP contribution in [-0.4, -0.2) is 37.4 Å². The van der Waals surface area contributed by atoms with Crippen molar-refractivity contribution < 1.29 is 14.2 Å². The zero-order chi connectivity index (χ0) is 15.7. The lowest BCUT2D eigenvalue weighted by atomic mass is 10.2. The van der Waals surface area contributed by atoms with Gasteiger partial charge in [0.1, 0.15) is 18.6 Å². The minimum Gasteiger partial charge on any atom is -0.480 e. The summed E-state index contributed by atoms with van der Waals surface area (Å²) < 4.78 is 17.7. The molecule has 0 aromatic heterocycles. The summed E-state index contributed by atoms with van der Waals surface area (Å²) in [7, 11) is 1.63. The zero-order valence-corrected chi connectivity index (χ0v) is 12.6. The molecule has 2 rings (SSSR count). The number of hydrogen-bond donors (Lipinski definition) is 2. The summed E-state index contributed by atoms with van der Waals surface area (Å²) in [5.74, 6) is 6.93. The van der Waals surface area contributed by atoms with E-state index in [-0.39, 0.29) is 12.7 Å². The van der Waals surface area contributed by atoms with Gasteiger partial charge >= 0.3 is 0 Å². The number of aliphatic imine (C=N–C) groups is 1. The van der Waals surface area contributed by atoms with Crippen molar-refractivity contribution in [2.75, 3.05) is 20.3 Å². The minimum atomic E-state index is -0.542. The monoisotopic (exact) mass is 292 g/mol. The van der Waals surface area contributed by atoms with E-state index in [2.05, 4.69) is 22.2 Å². The van der Waals surface area contributed by atoms with Gasteiger partial charge in [0.15, 0.2) is 5.76 Å². The van der Waals surface area contributed by atoms with Crippen molar-refractivity contribution in [1.82, 2.24) is 5.32 Å². The highest BCUT2D eigenvalue weighted by Crippen LogP contribution is 2.16. The number of hydrogen-bond acceptors (Lipinski definition) is 3. The first kappa shape index (κ1) is 17.0. The summed E-state index contributed by atoms with van der Waals surface area (Å²) in [6.45, 7) is 3.44. The molecule has 114 valence electrons. The van der Waals surface area contributed by atoms with Gasteiger partial charge in [-0.25, -0.2) is 4.39 Å². The molecule has 0 fully saturated rings. The van der Waals surface area contributed by atoms with Crippen molar-refractivity contribution in [2.24, 2.45) is 4.99 Å². The number of allylic oxidation sites excluding steroid dienone is 3. The Labute approximate surface area is 125 Å². The van der Waals surface area contributed by atoms with Crippen molar-refractivity contribution in [1.29, 1.82) is 0 Å². The molecule has 2 aliphatic rings. The Hall–Kier alpha value is -2.06. The van der Waals surface area contributed by atoms with E-state index >= 15 is 0 Å². The Kier molecular flexibility index (Phi) is 7.27. The van der Waals surface area contributed by atoms with Crippen LogP contribution >= 0.6 is 0 Å². The van der Waals surface area contributed by atoms with E-state index in [1.807, 2.05) is 19.9 Å². The molecule has 1 atom stereocenters. The van der Waals surface area contributed by atoms with E-state index in [1.165, 1.54) is 6.08 Å². The number of aliphatic hydroxyl groups excluding tert-OH is 1. The standard InChI is InChI=1S/C14H15FN2O2.C2H6/c1-16-14-10(6-7-15)8-11(17-14)2-3-12-4-5-13(9-18)19-12;1-2/h4,6,8,13,18H,5,7,9H2,1H3,(H,16,17);1-2H3/b10-6-;. The molecule has 0 spiro atoms. The van der Waals surface area contributed by atoms with Crippen LogP contribution in [0.1, 0.15) is 20.3 Å². The number of ether oxygens (including phenoxy) is 1. The molecule has 0 aromatic carbocycles. The molecule has 1 unspecified atom stereocenters. The molecule has 0 aromatic rings. The summed E-state index contributed by atoms with van der Waals surface area (Å²) in [6, 6.07) is 0. The summed E-state index contributed by atoms with van der Waals surface area (Å²) >= 11 is 0. The molecule has 2 aliphatic heterocycles. The van der Waals surface area contributed by atoms with Gasteiger partial charge < -0.3 is 15.2 Å². The highest BCUT2D eigenvalue weighted by atomic mass is 19.1. The van der Waals surface area contributed by atoms with Gasteiger partial charge in [0.25, 0.3) is 0 Å². The average Bonchev–Trinajstić information content (AvgIpc) is 3.14. The highest BCUT2D eigenvalue weighted by molar-refractivity contribution is 6.05. The second kappa shape index (κ2) is 8.98. The van der Waals surface area contributed by atoms with E-state index in [0.717, 1.165) is 0 Å². The van der Waals surface area contributed by atoms with Crippen molar-refractivity contribution in [2.45, 2.75) is 26.4 Å². The summed E-state index contributed by atoms with van der Waals surface area (Å²) in [5.41, 5.74) is 1.35. The normalized spacial score (nSPS) is 23.4. The zero-order valence-electron chi connectivity index (χ0n) is 12.6. The van der Waals surface area contributed by atoms with Crippen molar-refractivity contribution in [3.8, 4) is 11.8 Å². The van der Waals surface area contributed by atoms with Gasteiger partial charge in [0.2, 0.25) is 0 Å². The lowest BCUT2D eigenvalue weighted by molar-refractivity contribution is 0.0867. The predicted octanol–water partition coefficient (Wildman–Crippen LogP) is 2.09. The van der Waals surface area contributed by atoms with Crippen LogP contribution in [0.4, 0.5) is 4.39 Å². The average molecular weight is 292 g/mol. The van der Waals surface area contributed by atoms with Crippen molar-refractivity contribution in [3.05, 3.63) is 35.3 Å². The van der Waals surface area contributed by atoms with Gasteiger partial charge in [-0.2, -0.15) is 0 Å². The molecular weight excluding hydrogens is 271 g/mol. The smallest absolute Gasteiger partial charge is 0.167 e. The van der Waals surface area contributed by atoms with E-state index < -0.39 is 6.67 Å². The molecule has 0 bridgehead atoms. The summed E-state index contributed by atoms with van der Waals surface area (Å²) in [6.07, 6.45) is 5.51. The number of alkyl halides is 1. The van der Waals surface area contributed by atoms with Gasteiger partial charge in [-0.05, 0) is 30.1 Å². The van der Waals surface area contributed by atoms with E-state index in [4.69, 9.17) is 9.84 Å². The molecule has 2 heterocycles. The topological polar surface area (TPSA) is 53.9 Å². The second-order valence-electron chi connectivity index (χ2n) is 4.05. The third-order valence-corrected chi connectivity index (χ3v) is 2.73. The molecule has 21 heavy (non-hydrogen) atoms. The third kappa shape index (κ3) is 4.76. The number of halogens is 1. The van der Waals surface area contributed by atoms with Gasteiger partial charge in [0, 0.05) is 19.0 Å². The Bertz CT molecular complexity index is 536.